The van der Waals surface area contributed by atoms with Crippen LogP contribution in [0, 0.1) is 6.92 Å². The fourth-order valence-electron chi connectivity index (χ4n) is 3.44. The molecule has 1 aliphatic rings. The van der Waals surface area contributed by atoms with Crippen molar-refractivity contribution >= 4 is 17.7 Å². The van der Waals surface area contributed by atoms with Crippen molar-refractivity contribution in [1.29, 1.82) is 0 Å². The van der Waals surface area contributed by atoms with Crippen molar-refractivity contribution in [3.8, 4) is 5.75 Å². The number of hydrogen-bond donors (Lipinski definition) is 1. The van der Waals surface area contributed by atoms with E-state index in [1.807, 2.05) is 61.5 Å². The molecule has 158 valence electrons. The molecule has 1 N–H and O–H groups in total. The number of amides is 2. The van der Waals surface area contributed by atoms with Gasteiger partial charge >= 0.3 is 6.09 Å². The zero-order valence-electron chi connectivity index (χ0n) is 17.3. The van der Waals surface area contributed by atoms with Crippen LogP contribution in [-0.4, -0.2) is 25.2 Å². The first kappa shape index (κ1) is 20.5. The maximum atomic E-state index is 12.8. The molecule has 3 aromatic carbocycles. The second-order valence-electron chi connectivity index (χ2n) is 7.39. The molecule has 0 saturated carbocycles. The molecule has 1 heterocycles. The zero-order chi connectivity index (χ0) is 21.6. The van der Waals surface area contributed by atoms with Gasteiger partial charge in [-0.15, -0.1) is 0 Å². The summed E-state index contributed by atoms with van der Waals surface area (Å²) in [5.74, 6) is 0.344. The van der Waals surface area contributed by atoms with E-state index in [-0.39, 0.29) is 12.0 Å². The predicted molar refractivity (Wildman–Crippen MR) is 118 cm³/mol. The zero-order valence-corrected chi connectivity index (χ0v) is 17.3. The van der Waals surface area contributed by atoms with E-state index in [2.05, 4.69) is 11.4 Å². The van der Waals surface area contributed by atoms with E-state index < -0.39 is 0 Å². The highest BCUT2D eigenvalue weighted by atomic mass is 16.6. The molecule has 31 heavy (non-hydrogen) atoms. The summed E-state index contributed by atoms with van der Waals surface area (Å²) in [6.45, 7) is 3.76. The summed E-state index contributed by atoms with van der Waals surface area (Å²) in [6, 6.07) is 22.8. The quantitative estimate of drug-likeness (QED) is 0.617. The van der Waals surface area contributed by atoms with Crippen molar-refractivity contribution in [2.24, 2.45) is 0 Å². The third-order valence-electron chi connectivity index (χ3n) is 5.07. The molecule has 0 aromatic heterocycles. The van der Waals surface area contributed by atoms with Gasteiger partial charge in [0.2, 0.25) is 0 Å². The topological polar surface area (TPSA) is 67.9 Å². The predicted octanol–water partition coefficient (Wildman–Crippen LogP) is 4.46. The SMILES string of the molecule is Cc1cccc(COc2ccccc2C(=O)NCc2ccc(N3CCOC3=O)cc2)c1. The average Bonchev–Trinajstić information content (AvgIpc) is 3.22. The first-order valence-corrected chi connectivity index (χ1v) is 10.2. The smallest absolute Gasteiger partial charge is 0.414 e. The Bertz CT molecular complexity index is 1080. The number of benzene rings is 3. The van der Waals surface area contributed by atoms with Gasteiger partial charge in [-0.25, -0.2) is 4.79 Å². The Kier molecular flexibility index (Phi) is 6.17. The summed E-state index contributed by atoms with van der Waals surface area (Å²) >= 11 is 0. The van der Waals surface area contributed by atoms with Gasteiger partial charge < -0.3 is 14.8 Å². The van der Waals surface area contributed by atoms with Crippen LogP contribution in [0.5, 0.6) is 5.75 Å². The molecule has 3 aromatic rings. The molecular weight excluding hydrogens is 392 g/mol. The summed E-state index contributed by atoms with van der Waals surface area (Å²) in [5, 5.41) is 2.94. The standard InChI is InChI=1S/C25H24N2O4/c1-18-5-4-6-20(15-18)17-31-23-8-3-2-7-22(23)24(28)26-16-19-9-11-21(12-10-19)27-13-14-30-25(27)29/h2-12,15H,13-14,16-17H2,1H3,(H,26,28). The molecule has 1 fully saturated rings. The Morgan fingerprint density at radius 2 is 1.84 bits per heavy atom. The number of rotatable bonds is 7. The Hall–Kier alpha value is -3.80. The van der Waals surface area contributed by atoms with Gasteiger partial charge in [0, 0.05) is 12.2 Å². The lowest BCUT2D eigenvalue weighted by molar-refractivity contribution is 0.0946. The van der Waals surface area contributed by atoms with Gasteiger partial charge in [0.25, 0.3) is 5.91 Å². The number of carbonyl (C=O) groups excluding carboxylic acids is 2. The maximum Gasteiger partial charge on any atom is 0.414 e. The van der Waals surface area contributed by atoms with E-state index in [4.69, 9.17) is 9.47 Å². The molecule has 0 radical (unpaired) electrons. The molecule has 6 heteroatoms. The number of aryl methyl sites for hydroxylation is 1. The number of ether oxygens (including phenoxy) is 2. The molecular formula is C25H24N2O4. The minimum Gasteiger partial charge on any atom is -0.488 e. The molecule has 2 amide bonds. The first-order chi connectivity index (χ1) is 15.1. The Balaban J connectivity index is 1.37. The van der Waals surface area contributed by atoms with Crippen LogP contribution in [0.15, 0.2) is 72.8 Å². The third kappa shape index (κ3) is 5.04. The molecule has 4 rings (SSSR count). The number of carbonyl (C=O) groups is 2. The number of para-hydroxylation sites is 1. The van der Waals surface area contributed by atoms with Crippen LogP contribution in [0.1, 0.15) is 27.0 Å². The van der Waals surface area contributed by atoms with E-state index in [9.17, 15) is 9.59 Å². The van der Waals surface area contributed by atoms with Crippen molar-refractivity contribution in [2.75, 3.05) is 18.1 Å². The van der Waals surface area contributed by atoms with Crippen molar-refractivity contribution < 1.29 is 19.1 Å². The monoisotopic (exact) mass is 416 g/mol. The van der Waals surface area contributed by atoms with Crippen LogP contribution in [0.3, 0.4) is 0 Å². The van der Waals surface area contributed by atoms with Crippen LogP contribution in [0.4, 0.5) is 10.5 Å². The second kappa shape index (κ2) is 9.34. The van der Waals surface area contributed by atoms with Crippen molar-refractivity contribution in [2.45, 2.75) is 20.1 Å². The highest BCUT2D eigenvalue weighted by Gasteiger charge is 2.23. The number of nitrogens with one attached hydrogen (secondary N) is 1. The highest BCUT2D eigenvalue weighted by Crippen LogP contribution is 2.21. The fourth-order valence-corrected chi connectivity index (χ4v) is 3.44. The van der Waals surface area contributed by atoms with Gasteiger partial charge in [-0.05, 0) is 42.3 Å². The van der Waals surface area contributed by atoms with E-state index in [0.29, 0.717) is 37.6 Å². The van der Waals surface area contributed by atoms with E-state index in [1.165, 1.54) is 5.56 Å². The second-order valence-corrected chi connectivity index (χ2v) is 7.39. The summed E-state index contributed by atoms with van der Waals surface area (Å²) in [4.78, 5) is 26.0. The lowest BCUT2D eigenvalue weighted by atomic mass is 10.1. The third-order valence-corrected chi connectivity index (χ3v) is 5.07. The van der Waals surface area contributed by atoms with E-state index >= 15 is 0 Å². The molecule has 1 aliphatic heterocycles. The Labute approximate surface area is 181 Å². The fraction of sp³-hybridized carbons (Fsp3) is 0.200. The molecule has 0 atom stereocenters. The van der Waals surface area contributed by atoms with Crippen LogP contribution < -0.4 is 15.0 Å². The van der Waals surface area contributed by atoms with E-state index in [1.54, 1.807) is 17.0 Å². The van der Waals surface area contributed by atoms with Crippen LogP contribution >= 0.6 is 0 Å². The molecule has 6 nitrogen and oxygen atoms in total. The number of cyclic esters (lactones) is 1. The summed E-state index contributed by atoms with van der Waals surface area (Å²) in [5.41, 5.74) is 4.43. The van der Waals surface area contributed by atoms with Crippen molar-refractivity contribution in [3.63, 3.8) is 0 Å². The van der Waals surface area contributed by atoms with Crippen LogP contribution in [0.25, 0.3) is 0 Å². The number of hydrogen-bond acceptors (Lipinski definition) is 4. The van der Waals surface area contributed by atoms with Crippen molar-refractivity contribution in [3.05, 3.63) is 95.1 Å². The molecule has 0 bridgehead atoms. The molecule has 1 saturated heterocycles. The molecule has 0 aliphatic carbocycles. The largest absolute Gasteiger partial charge is 0.488 e. The van der Waals surface area contributed by atoms with Gasteiger partial charge in [-0.3, -0.25) is 9.69 Å². The van der Waals surface area contributed by atoms with Gasteiger partial charge in [0.15, 0.2) is 0 Å². The van der Waals surface area contributed by atoms with Gasteiger partial charge in [-0.1, -0.05) is 54.1 Å². The minimum absolute atomic E-state index is 0.202. The van der Waals surface area contributed by atoms with Crippen molar-refractivity contribution in [1.82, 2.24) is 5.32 Å². The number of nitrogens with zero attached hydrogens (tertiary/aromatic N) is 1. The first-order valence-electron chi connectivity index (χ1n) is 10.2. The molecule has 0 unspecified atom stereocenters. The average molecular weight is 416 g/mol. The maximum absolute atomic E-state index is 12.8. The summed E-state index contributed by atoms with van der Waals surface area (Å²) < 4.78 is 10.9. The number of anilines is 1. The lowest BCUT2D eigenvalue weighted by Crippen LogP contribution is -2.24. The highest BCUT2D eigenvalue weighted by molar-refractivity contribution is 5.96. The Morgan fingerprint density at radius 3 is 2.58 bits per heavy atom. The minimum atomic E-state index is -0.330. The molecule has 0 spiro atoms. The Morgan fingerprint density at radius 1 is 1.03 bits per heavy atom. The summed E-state index contributed by atoms with van der Waals surface area (Å²) in [7, 11) is 0. The van der Waals surface area contributed by atoms with Gasteiger partial charge in [-0.2, -0.15) is 0 Å². The summed E-state index contributed by atoms with van der Waals surface area (Å²) in [6.07, 6.45) is -0.330. The van der Waals surface area contributed by atoms with Gasteiger partial charge in [0.05, 0.1) is 12.1 Å². The normalized spacial score (nSPS) is 13.1. The van der Waals surface area contributed by atoms with Crippen LogP contribution in [-0.2, 0) is 17.9 Å². The van der Waals surface area contributed by atoms with Gasteiger partial charge in [0.1, 0.15) is 19.0 Å². The van der Waals surface area contributed by atoms with Crippen LogP contribution in [0.2, 0.25) is 0 Å². The van der Waals surface area contributed by atoms with E-state index in [0.717, 1.165) is 16.8 Å². The lowest BCUT2D eigenvalue weighted by Gasteiger charge is -2.14.